The Hall–Kier alpha value is -2.72. The fraction of sp³-hybridized carbons (Fsp3) is 0.400. The van der Waals surface area contributed by atoms with Gasteiger partial charge in [0.2, 0.25) is 0 Å². The summed E-state index contributed by atoms with van der Waals surface area (Å²) in [7, 11) is 0. The summed E-state index contributed by atoms with van der Waals surface area (Å²) in [6.07, 6.45) is -0.397. The topological polar surface area (TPSA) is 76.8 Å². The fourth-order valence-corrected chi connectivity index (χ4v) is 3.42. The predicted molar refractivity (Wildman–Crippen MR) is 105 cm³/mol. The molecule has 0 spiro atoms. The summed E-state index contributed by atoms with van der Waals surface area (Å²) in [6, 6.07) is 6.28. The number of nitriles is 1. The summed E-state index contributed by atoms with van der Waals surface area (Å²) in [6.45, 7) is 7.00. The summed E-state index contributed by atoms with van der Waals surface area (Å²) < 4.78 is 19.9. The van der Waals surface area contributed by atoms with Crippen LogP contribution in [0.5, 0.6) is 5.75 Å². The summed E-state index contributed by atoms with van der Waals surface area (Å²) in [5, 5.41) is 20.4. The largest absolute Gasteiger partial charge is 0.506 e. The van der Waals surface area contributed by atoms with Gasteiger partial charge in [-0.2, -0.15) is 5.26 Å². The van der Waals surface area contributed by atoms with Crippen LogP contribution in [0.1, 0.15) is 26.3 Å². The monoisotopic (exact) mass is 405 g/mol. The van der Waals surface area contributed by atoms with Crippen LogP contribution in [-0.2, 0) is 4.74 Å². The van der Waals surface area contributed by atoms with E-state index < -0.39 is 17.5 Å². The first-order chi connectivity index (χ1) is 13.1. The van der Waals surface area contributed by atoms with Gasteiger partial charge in [-0.05, 0) is 32.9 Å². The Bertz CT molecular complexity index is 974. The molecule has 6 nitrogen and oxygen atoms in total. The Labute approximate surface area is 167 Å². The minimum absolute atomic E-state index is 0.0581. The number of phenolic OH excluding ortho intramolecular Hbond substituents is 1. The molecule has 0 radical (unpaired) electrons. The molecule has 2 aromatic carbocycles. The highest BCUT2D eigenvalue weighted by molar-refractivity contribution is 6.31. The van der Waals surface area contributed by atoms with Crippen LogP contribution in [0.3, 0.4) is 0 Å². The standard InChI is InChI=1S/C20H21ClFN3O3/c1-20(2,3)28-19(27)25-8-6-24(7-9-25)18-12-4-5-15(21)17(22)13(12)10-16(26)14(18)11-23/h4-5,10,26H,6-9H2,1-3H3. The van der Waals surface area contributed by atoms with Crippen molar-refractivity contribution in [2.75, 3.05) is 31.1 Å². The van der Waals surface area contributed by atoms with E-state index in [1.807, 2.05) is 11.0 Å². The van der Waals surface area contributed by atoms with Gasteiger partial charge in [0.25, 0.3) is 0 Å². The molecule has 8 heteroatoms. The summed E-state index contributed by atoms with van der Waals surface area (Å²) >= 11 is 5.87. The van der Waals surface area contributed by atoms with Crippen LogP contribution in [0, 0.1) is 17.1 Å². The smallest absolute Gasteiger partial charge is 0.410 e. The van der Waals surface area contributed by atoms with Crippen LogP contribution in [0.15, 0.2) is 18.2 Å². The van der Waals surface area contributed by atoms with Crippen LogP contribution in [0.25, 0.3) is 10.8 Å². The van der Waals surface area contributed by atoms with E-state index in [1.165, 1.54) is 12.1 Å². The molecule has 0 atom stereocenters. The number of carbonyl (C=O) groups excluding carboxylic acids is 1. The van der Waals surface area contributed by atoms with Crippen LogP contribution in [0.4, 0.5) is 14.9 Å². The first-order valence-corrected chi connectivity index (χ1v) is 9.27. The van der Waals surface area contributed by atoms with Crippen molar-refractivity contribution in [3.05, 3.63) is 34.6 Å². The Morgan fingerprint density at radius 2 is 1.89 bits per heavy atom. The van der Waals surface area contributed by atoms with Crippen LogP contribution in [-0.4, -0.2) is 47.9 Å². The van der Waals surface area contributed by atoms with E-state index in [4.69, 9.17) is 16.3 Å². The maximum Gasteiger partial charge on any atom is 0.410 e. The highest BCUT2D eigenvalue weighted by atomic mass is 35.5. The third-order valence-electron chi connectivity index (χ3n) is 4.52. The molecule has 0 unspecified atom stereocenters. The molecular formula is C20H21ClFN3O3. The van der Waals surface area contributed by atoms with Crippen molar-refractivity contribution in [2.24, 2.45) is 0 Å². The van der Waals surface area contributed by atoms with E-state index in [2.05, 4.69) is 0 Å². The van der Waals surface area contributed by atoms with Crippen molar-refractivity contribution in [2.45, 2.75) is 26.4 Å². The van der Waals surface area contributed by atoms with E-state index in [0.717, 1.165) is 0 Å². The molecular weight excluding hydrogens is 385 g/mol. The first-order valence-electron chi connectivity index (χ1n) is 8.89. The second-order valence-corrected chi connectivity index (χ2v) is 8.05. The Kier molecular flexibility index (Phi) is 5.26. The number of anilines is 1. The zero-order valence-electron chi connectivity index (χ0n) is 15.9. The third-order valence-corrected chi connectivity index (χ3v) is 4.81. The van der Waals surface area contributed by atoms with Gasteiger partial charge >= 0.3 is 6.09 Å². The Morgan fingerprint density at radius 3 is 2.46 bits per heavy atom. The number of phenols is 1. The zero-order valence-corrected chi connectivity index (χ0v) is 16.7. The van der Waals surface area contributed by atoms with Gasteiger partial charge in [-0.25, -0.2) is 9.18 Å². The average molecular weight is 406 g/mol. The summed E-state index contributed by atoms with van der Waals surface area (Å²) in [4.78, 5) is 15.7. The summed E-state index contributed by atoms with van der Waals surface area (Å²) in [5.74, 6) is -0.951. The van der Waals surface area contributed by atoms with Gasteiger partial charge in [0.15, 0.2) is 0 Å². The lowest BCUT2D eigenvalue weighted by molar-refractivity contribution is 0.0240. The number of hydrogen-bond acceptors (Lipinski definition) is 5. The molecule has 3 rings (SSSR count). The van der Waals surface area contributed by atoms with Crippen molar-refractivity contribution < 1.29 is 19.0 Å². The van der Waals surface area contributed by atoms with Gasteiger partial charge in [0.05, 0.1) is 10.7 Å². The van der Waals surface area contributed by atoms with Gasteiger partial charge in [-0.3, -0.25) is 0 Å². The lowest BCUT2D eigenvalue weighted by Gasteiger charge is -2.37. The van der Waals surface area contributed by atoms with Gasteiger partial charge in [0.1, 0.15) is 28.8 Å². The zero-order chi connectivity index (χ0) is 20.6. The molecule has 1 heterocycles. The first kappa shape index (κ1) is 20.0. The van der Waals surface area contributed by atoms with Crippen LogP contribution >= 0.6 is 11.6 Å². The normalized spacial score (nSPS) is 14.9. The second-order valence-electron chi connectivity index (χ2n) is 7.64. The van der Waals surface area contributed by atoms with Crippen molar-refractivity contribution in [1.82, 2.24) is 4.90 Å². The lowest BCUT2D eigenvalue weighted by Crippen LogP contribution is -2.50. The quantitative estimate of drug-likeness (QED) is 0.766. The number of piperazine rings is 1. The molecule has 1 fully saturated rings. The number of halogens is 2. The molecule has 0 saturated carbocycles. The van der Waals surface area contributed by atoms with Crippen molar-refractivity contribution >= 4 is 34.2 Å². The third kappa shape index (κ3) is 3.78. The van der Waals surface area contributed by atoms with Gasteiger partial charge < -0.3 is 19.6 Å². The average Bonchev–Trinajstić information content (AvgIpc) is 2.63. The minimum Gasteiger partial charge on any atom is -0.506 e. The number of nitrogens with zero attached hydrogens (tertiary/aromatic N) is 3. The minimum atomic E-state index is -0.646. The summed E-state index contributed by atoms with van der Waals surface area (Å²) in [5.41, 5.74) is -0.0720. The van der Waals surface area contributed by atoms with E-state index in [1.54, 1.807) is 31.7 Å². The molecule has 1 N–H and O–H groups in total. The van der Waals surface area contributed by atoms with Crippen molar-refractivity contribution in [3.8, 4) is 11.8 Å². The molecule has 0 aromatic heterocycles. The highest BCUT2D eigenvalue weighted by Crippen LogP contribution is 2.39. The maximum absolute atomic E-state index is 14.5. The molecule has 1 saturated heterocycles. The molecule has 1 amide bonds. The van der Waals surface area contributed by atoms with Crippen molar-refractivity contribution in [1.29, 1.82) is 5.26 Å². The molecule has 2 aromatic rings. The second kappa shape index (κ2) is 7.36. The number of rotatable bonds is 1. The molecule has 1 aliphatic heterocycles. The number of fused-ring (bicyclic) bond motifs is 1. The highest BCUT2D eigenvalue weighted by Gasteiger charge is 2.28. The maximum atomic E-state index is 14.5. The lowest BCUT2D eigenvalue weighted by atomic mass is 10.0. The Balaban J connectivity index is 1.94. The number of hydrogen-bond donors (Lipinski definition) is 1. The number of aromatic hydroxyl groups is 1. The van der Waals surface area contributed by atoms with Crippen LogP contribution < -0.4 is 4.90 Å². The van der Waals surface area contributed by atoms with E-state index in [0.29, 0.717) is 37.3 Å². The Morgan fingerprint density at radius 1 is 1.25 bits per heavy atom. The van der Waals surface area contributed by atoms with Crippen LogP contribution in [0.2, 0.25) is 5.02 Å². The number of amides is 1. The molecule has 28 heavy (non-hydrogen) atoms. The molecule has 0 bridgehead atoms. The van der Waals surface area contributed by atoms with E-state index in [9.17, 15) is 19.6 Å². The molecule has 0 aliphatic carbocycles. The van der Waals surface area contributed by atoms with Gasteiger partial charge in [-0.15, -0.1) is 0 Å². The molecule has 1 aliphatic rings. The predicted octanol–water partition coefficient (Wildman–Crippen LogP) is 4.27. The fourth-order valence-electron chi connectivity index (χ4n) is 3.26. The SMILES string of the molecule is CC(C)(C)OC(=O)N1CCN(c2c(C#N)c(O)cc3c(F)c(Cl)ccc23)CC1. The number of benzene rings is 2. The van der Waals surface area contributed by atoms with E-state index in [-0.39, 0.29) is 21.7 Å². The van der Waals surface area contributed by atoms with Gasteiger partial charge in [0, 0.05) is 37.0 Å². The molecule has 148 valence electrons. The van der Waals surface area contributed by atoms with E-state index >= 15 is 0 Å². The van der Waals surface area contributed by atoms with Crippen molar-refractivity contribution in [3.63, 3.8) is 0 Å². The number of ether oxygens (including phenoxy) is 1. The van der Waals surface area contributed by atoms with Gasteiger partial charge in [-0.1, -0.05) is 17.7 Å². The number of carbonyl (C=O) groups is 1.